The quantitative estimate of drug-likeness (QED) is 0.565. The first-order valence-electron chi connectivity index (χ1n) is 8.47. The number of thiophene rings is 1. The van der Waals surface area contributed by atoms with Gasteiger partial charge in [-0.15, -0.1) is 11.3 Å². The summed E-state index contributed by atoms with van der Waals surface area (Å²) in [6.45, 7) is -0.434. The second-order valence-electron chi connectivity index (χ2n) is 6.52. The highest BCUT2D eigenvalue weighted by Crippen LogP contribution is 2.37. The van der Waals surface area contributed by atoms with E-state index in [4.69, 9.17) is 4.74 Å². The normalized spacial score (nSPS) is 29.2. The van der Waals surface area contributed by atoms with Crippen molar-refractivity contribution in [3.8, 4) is 11.1 Å². The molecule has 6 heteroatoms. The summed E-state index contributed by atoms with van der Waals surface area (Å²) in [4.78, 5) is 0. The van der Waals surface area contributed by atoms with Gasteiger partial charge >= 0.3 is 0 Å². The van der Waals surface area contributed by atoms with E-state index in [2.05, 4.69) is 17.5 Å². The fourth-order valence-corrected chi connectivity index (χ4v) is 4.43. The second kappa shape index (κ2) is 7.08. The number of ether oxygens (including phenoxy) is 1. The molecule has 1 aromatic heterocycles. The molecule has 0 radical (unpaired) electrons. The molecule has 5 nitrogen and oxygen atoms in total. The molecule has 26 heavy (non-hydrogen) atoms. The molecule has 1 saturated heterocycles. The van der Waals surface area contributed by atoms with Gasteiger partial charge in [0.2, 0.25) is 0 Å². The highest BCUT2D eigenvalue weighted by atomic mass is 32.1. The van der Waals surface area contributed by atoms with Gasteiger partial charge in [0.1, 0.15) is 30.5 Å². The van der Waals surface area contributed by atoms with E-state index in [1.165, 1.54) is 4.70 Å². The fraction of sp³-hybridized carbons (Fsp3) is 0.300. The molecule has 1 fully saturated rings. The monoisotopic (exact) mass is 372 g/mol. The summed E-state index contributed by atoms with van der Waals surface area (Å²) < 4.78 is 6.86. The molecule has 4 N–H and O–H groups in total. The number of fused-ring (bicyclic) bond motifs is 1. The summed E-state index contributed by atoms with van der Waals surface area (Å²) in [7, 11) is 0. The number of benzene rings is 2. The van der Waals surface area contributed by atoms with Gasteiger partial charge in [-0.05, 0) is 28.6 Å². The molecule has 5 atom stereocenters. The molecular formula is C20H20O5S. The molecule has 0 saturated carbocycles. The number of hydrogen-bond donors (Lipinski definition) is 4. The Morgan fingerprint density at radius 1 is 0.923 bits per heavy atom. The van der Waals surface area contributed by atoms with Crippen LogP contribution in [0.4, 0.5) is 0 Å². The van der Waals surface area contributed by atoms with Gasteiger partial charge in [0.05, 0.1) is 6.61 Å². The van der Waals surface area contributed by atoms with Crippen LogP contribution in [0.25, 0.3) is 21.2 Å². The lowest BCUT2D eigenvalue weighted by Crippen LogP contribution is -2.55. The van der Waals surface area contributed by atoms with E-state index in [0.29, 0.717) is 5.56 Å². The van der Waals surface area contributed by atoms with Crippen molar-refractivity contribution < 1.29 is 25.2 Å². The molecule has 1 aliphatic heterocycles. The van der Waals surface area contributed by atoms with Crippen molar-refractivity contribution in [1.29, 1.82) is 0 Å². The van der Waals surface area contributed by atoms with Gasteiger partial charge in [-0.3, -0.25) is 0 Å². The van der Waals surface area contributed by atoms with Crippen LogP contribution in [0.3, 0.4) is 0 Å². The van der Waals surface area contributed by atoms with E-state index in [-0.39, 0.29) is 0 Å². The zero-order valence-electron chi connectivity index (χ0n) is 13.9. The minimum Gasteiger partial charge on any atom is -0.394 e. The van der Waals surface area contributed by atoms with Crippen molar-refractivity contribution in [3.63, 3.8) is 0 Å². The molecule has 0 amide bonds. The fourth-order valence-electron chi connectivity index (χ4n) is 3.46. The molecule has 3 aromatic rings. The Bertz CT molecular complexity index is 906. The van der Waals surface area contributed by atoms with Crippen LogP contribution in [0.15, 0.2) is 53.9 Å². The van der Waals surface area contributed by atoms with Gasteiger partial charge in [-0.25, -0.2) is 0 Å². The molecule has 136 valence electrons. The maximum atomic E-state index is 10.4. The van der Waals surface area contributed by atoms with E-state index in [0.717, 1.165) is 16.5 Å². The third-order valence-corrected chi connectivity index (χ3v) is 5.86. The molecule has 0 spiro atoms. The van der Waals surface area contributed by atoms with Crippen molar-refractivity contribution >= 4 is 21.4 Å². The Hall–Kier alpha value is -1.80. The van der Waals surface area contributed by atoms with Crippen LogP contribution < -0.4 is 0 Å². The zero-order valence-corrected chi connectivity index (χ0v) is 14.7. The second-order valence-corrected chi connectivity index (χ2v) is 7.43. The summed E-state index contributed by atoms with van der Waals surface area (Å²) in [6.07, 6.45) is -5.74. The standard InChI is InChI=1S/C20H20O5S/c21-9-15-17(22)18(23)19(24)20(25-15)12-5-3-4-11(8-12)14-10-26-16-7-2-1-6-13(14)16/h1-8,10,15,17-24H,9H2/t15?,17-,18?,19-,20+/m1/s1. The number of rotatable bonds is 3. The molecule has 0 aliphatic carbocycles. The lowest BCUT2D eigenvalue weighted by atomic mass is 9.90. The predicted molar refractivity (Wildman–Crippen MR) is 100.0 cm³/mol. The Morgan fingerprint density at radius 3 is 2.54 bits per heavy atom. The number of aliphatic hydroxyl groups excluding tert-OH is 4. The SMILES string of the molecule is OCC1O[C@@H](c2cccc(-c3csc4ccccc34)c2)[C@H](O)C(O)[C@@H]1O. The molecular weight excluding hydrogens is 352 g/mol. The first-order chi connectivity index (χ1) is 12.6. The van der Waals surface area contributed by atoms with Crippen LogP contribution in [-0.2, 0) is 4.74 Å². The Morgan fingerprint density at radius 2 is 1.73 bits per heavy atom. The molecule has 4 rings (SSSR count). The smallest absolute Gasteiger partial charge is 0.113 e. The lowest BCUT2D eigenvalue weighted by Gasteiger charge is -2.40. The third-order valence-electron chi connectivity index (χ3n) is 4.90. The van der Waals surface area contributed by atoms with Crippen molar-refractivity contribution in [2.45, 2.75) is 30.5 Å². The van der Waals surface area contributed by atoms with E-state index < -0.39 is 37.1 Å². The molecule has 2 aromatic carbocycles. The van der Waals surface area contributed by atoms with E-state index in [1.54, 1.807) is 11.3 Å². The molecule has 2 heterocycles. The average Bonchev–Trinajstić information content (AvgIpc) is 3.11. The van der Waals surface area contributed by atoms with E-state index in [1.807, 2.05) is 36.4 Å². The van der Waals surface area contributed by atoms with Crippen molar-refractivity contribution in [2.24, 2.45) is 0 Å². The summed E-state index contributed by atoms with van der Waals surface area (Å²) in [5, 5.41) is 43.0. The Kier molecular flexibility index (Phi) is 4.79. The van der Waals surface area contributed by atoms with Crippen LogP contribution in [-0.4, -0.2) is 51.4 Å². The van der Waals surface area contributed by atoms with Crippen LogP contribution in [0.5, 0.6) is 0 Å². The van der Waals surface area contributed by atoms with E-state index >= 15 is 0 Å². The lowest BCUT2D eigenvalue weighted by molar-refractivity contribution is -0.231. The summed E-state index contributed by atoms with van der Waals surface area (Å²) in [5.41, 5.74) is 2.77. The van der Waals surface area contributed by atoms with Gasteiger partial charge in [0.15, 0.2) is 0 Å². The summed E-state index contributed by atoms with van der Waals surface area (Å²) >= 11 is 1.67. The van der Waals surface area contributed by atoms with Crippen LogP contribution in [0.2, 0.25) is 0 Å². The minimum atomic E-state index is -1.38. The highest BCUT2D eigenvalue weighted by Gasteiger charge is 2.43. The number of aliphatic hydroxyl groups is 4. The maximum Gasteiger partial charge on any atom is 0.113 e. The van der Waals surface area contributed by atoms with Crippen molar-refractivity contribution in [1.82, 2.24) is 0 Å². The van der Waals surface area contributed by atoms with Gasteiger partial charge in [0.25, 0.3) is 0 Å². The molecule has 0 bridgehead atoms. The van der Waals surface area contributed by atoms with Crippen molar-refractivity contribution in [3.05, 3.63) is 59.5 Å². The Balaban J connectivity index is 1.71. The highest BCUT2D eigenvalue weighted by molar-refractivity contribution is 7.17. The molecule has 2 unspecified atom stereocenters. The van der Waals surface area contributed by atoms with Crippen LogP contribution in [0.1, 0.15) is 11.7 Å². The van der Waals surface area contributed by atoms with E-state index in [9.17, 15) is 20.4 Å². The summed E-state index contributed by atoms with van der Waals surface area (Å²) in [5.74, 6) is 0. The van der Waals surface area contributed by atoms with Crippen molar-refractivity contribution in [2.75, 3.05) is 6.61 Å². The average molecular weight is 372 g/mol. The topological polar surface area (TPSA) is 90.2 Å². The van der Waals surface area contributed by atoms with Crippen LogP contribution in [0, 0.1) is 0 Å². The maximum absolute atomic E-state index is 10.4. The first-order valence-corrected chi connectivity index (χ1v) is 9.35. The van der Waals surface area contributed by atoms with Gasteiger partial charge in [0, 0.05) is 15.6 Å². The minimum absolute atomic E-state index is 0.434. The first kappa shape index (κ1) is 17.6. The zero-order chi connectivity index (χ0) is 18.3. The summed E-state index contributed by atoms with van der Waals surface area (Å²) in [6, 6.07) is 15.7. The third kappa shape index (κ3) is 2.95. The van der Waals surface area contributed by atoms with Crippen LogP contribution >= 0.6 is 11.3 Å². The number of hydrogen-bond acceptors (Lipinski definition) is 6. The largest absolute Gasteiger partial charge is 0.394 e. The van der Waals surface area contributed by atoms with Gasteiger partial charge in [-0.2, -0.15) is 0 Å². The molecule has 1 aliphatic rings. The Labute approximate surface area is 154 Å². The van der Waals surface area contributed by atoms with Gasteiger partial charge in [-0.1, -0.05) is 36.4 Å². The predicted octanol–water partition coefficient (Wildman–Crippen LogP) is 2.08. The van der Waals surface area contributed by atoms with Gasteiger partial charge < -0.3 is 25.2 Å².